The number of sulfone groups is 2. The van der Waals surface area contributed by atoms with Crippen molar-refractivity contribution in [2.24, 2.45) is 11.7 Å². The van der Waals surface area contributed by atoms with E-state index in [2.05, 4.69) is 0 Å². The molecule has 2 rings (SSSR count). The summed E-state index contributed by atoms with van der Waals surface area (Å²) in [6.07, 6.45) is 0.907. The summed E-state index contributed by atoms with van der Waals surface area (Å²) in [5, 5.41) is 0. The van der Waals surface area contributed by atoms with Crippen LogP contribution in [0.4, 0.5) is 0 Å². The van der Waals surface area contributed by atoms with Gasteiger partial charge < -0.3 is 5.73 Å². The summed E-state index contributed by atoms with van der Waals surface area (Å²) < 4.78 is 45.3. The van der Waals surface area contributed by atoms with E-state index in [1.807, 2.05) is 0 Å². The third-order valence-electron chi connectivity index (χ3n) is 3.41. The maximum Gasteiger partial charge on any atom is 0.152 e. The van der Waals surface area contributed by atoms with Crippen LogP contribution in [0.5, 0.6) is 0 Å². The van der Waals surface area contributed by atoms with Crippen LogP contribution in [0.3, 0.4) is 0 Å². The quantitative estimate of drug-likeness (QED) is 0.642. The third kappa shape index (κ3) is 2.19. The van der Waals surface area contributed by atoms with Crippen LogP contribution in [0.15, 0.2) is 0 Å². The lowest BCUT2D eigenvalue weighted by atomic mass is 9.84. The standard InChI is InChI=1S/C8H15NO4S2/c9-8(2-4-15(12,13)6-8)7-1-3-14(10,11)5-7/h7H,1-6,9H2. The highest BCUT2D eigenvalue weighted by atomic mass is 32.2. The molecular formula is C8H15NO4S2. The van der Waals surface area contributed by atoms with Crippen molar-refractivity contribution in [3.63, 3.8) is 0 Å². The predicted octanol–water partition coefficient (Wildman–Crippen LogP) is -1.06. The number of hydrogen-bond acceptors (Lipinski definition) is 5. The van der Waals surface area contributed by atoms with Crippen LogP contribution in [-0.2, 0) is 19.7 Å². The second kappa shape index (κ2) is 3.18. The Balaban J connectivity index is 2.20. The van der Waals surface area contributed by atoms with Crippen LogP contribution in [0.25, 0.3) is 0 Å². The van der Waals surface area contributed by atoms with Crippen LogP contribution in [-0.4, -0.2) is 45.4 Å². The van der Waals surface area contributed by atoms with Gasteiger partial charge in [0, 0.05) is 5.54 Å². The molecule has 15 heavy (non-hydrogen) atoms. The van der Waals surface area contributed by atoms with Gasteiger partial charge in [-0.25, -0.2) is 16.8 Å². The first kappa shape index (κ1) is 11.3. The molecule has 2 atom stereocenters. The molecule has 2 unspecified atom stereocenters. The molecular weight excluding hydrogens is 238 g/mol. The van der Waals surface area contributed by atoms with Gasteiger partial charge in [0.2, 0.25) is 0 Å². The van der Waals surface area contributed by atoms with Gasteiger partial charge in [0.25, 0.3) is 0 Å². The molecule has 2 N–H and O–H groups in total. The summed E-state index contributed by atoms with van der Waals surface area (Å²) >= 11 is 0. The average Bonchev–Trinajstić information content (AvgIpc) is 2.54. The fraction of sp³-hybridized carbons (Fsp3) is 1.00. The Kier molecular flexibility index (Phi) is 2.40. The van der Waals surface area contributed by atoms with E-state index >= 15 is 0 Å². The molecule has 0 amide bonds. The molecule has 0 aromatic heterocycles. The van der Waals surface area contributed by atoms with Crippen molar-refractivity contribution < 1.29 is 16.8 Å². The summed E-state index contributed by atoms with van der Waals surface area (Å²) in [5.74, 6) is 0.0652. The molecule has 0 spiro atoms. The fourth-order valence-electron chi connectivity index (χ4n) is 2.47. The van der Waals surface area contributed by atoms with Crippen LogP contribution < -0.4 is 5.73 Å². The van der Waals surface area contributed by atoms with Gasteiger partial charge in [-0.3, -0.25) is 0 Å². The first-order valence-corrected chi connectivity index (χ1v) is 8.57. The molecule has 0 aromatic rings. The summed E-state index contributed by atoms with van der Waals surface area (Å²) in [6.45, 7) is 0. The summed E-state index contributed by atoms with van der Waals surface area (Å²) in [4.78, 5) is 0. The average molecular weight is 253 g/mol. The van der Waals surface area contributed by atoms with Crippen LogP contribution in [0.2, 0.25) is 0 Å². The van der Waals surface area contributed by atoms with E-state index in [1.54, 1.807) is 0 Å². The Morgan fingerprint density at radius 1 is 1.07 bits per heavy atom. The fourth-order valence-corrected chi connectivity index (χ4v) is 6.43. The van der Waals surface area contributed by atoms with E-state index in [0.717, 1.165) is 0 Å². The first-order chi connectivity index (χ1) is 6.73. The lowest BCUT2D eigenvalue weighted by Crippen LogP contribution is -2.48. The Hall–Kier alpha value is -0.140. The Labute approximate surface area is 89.9 Å². The molecule has 7 heteroatoms. The van der Waals surface area contributed by atoms with Gasteiger partial charge in [0.1, 0.15) is 0 Å². The van der Waals surface area contributed by atoms with Crippen molar-refractivity contribution in [3.8, 4) is 0 Å². The van der Waals surface area contributed by atoms with Gasteiger partial charge in [-0.1, -0.05) is 0 Å². The minimum Gasteiger partial charge on any atom is -0.324 e. The Morgan fingerprint density at radius 2 is 1.73 bits per heavy atom. The molecule has 2 aliphatic heterocycles. The second-order valence-corrected chi connectivity index (χ2v) is 9.09. The lowest BCUT2D eigenvalue weighted by Gasteiger charge is -2.28. The highest BCUT2D eigenvalue weighted by Crippen LogP contribution is 2.35. The minimum absolute atomic E-state index is 0.0546. The summed E-state index contributed by atoms with van der Waals surface area (Å²) in [5.41, 5.74) is 5.21. The third-order valence-corrected chi connectivity index (χ3v) is 6.98. The normalized spacial score (nSPS) is 43.1. The van der Waals surface area contributed by atoms with Crippen LogP contribution >= 0.6 is 0 Å². The topological polar surface area (TPSA) is 94.3 Å². The monoisotopic (exact) mass is 253 g/mol. The highest BCUT2D eigenvalue weighted by Gasteiger charge is 2.48. The molecule has 88 valence electrons. The molecule has 2 fully saturated rings. The van der Waals surface area contributed by atoms with Gasteiger partial charge in [0.05, 0.1) is 23.0 Å². The van der Waals surface area contributed by atoms with Gasteiger partial charge in [-0.2, -0.15) is 0 Å². The molecule has 0 aliphatic carbocycles. The van der Waals surface area contributed by atoms with Gasteiger partial charge in [0.15, 0.2) is 19.7 Å². The maximum atomic E-state index is 11.3. The van der Waals surface area contributed by atoms with Gasteiger partial charge in [-0.15, -0.1) is 0 Å². The molecule has 0 bridgehead atoms. The smallest absolute Gasteiger partial charge is 0.152 e. The van der Waals surface area contributed by atoms with E-state index < -0.39 is 25.2 Å². The zero-order valence-corrected chi connectivity index (χ0v) is 9.98. The zero-order valence-electron chi connectivity index (χ0n) is 8.35. The lowest BCUT2D eigenvalue weighted by molar-refractivity contribution is 0.330. The summed E-state index contributed by atoms with van der Waals surface area (Å²) in [7, 11) is -6.03. The van der Waals surface area contributed by atoms with Crippen molar-refractivity contribution in [2.75, 3.05) is 23.0 Å². The molecule has 2 heterocycles. The van der Waals surface area contributed by atoms with Crippen molar-refractivity contribution in [1.29, 1.82) is 0 Å². The van der Waals surface area contributed by atoms with Crippen molar-refractivity contribution >= 4 is 19.7 Å². The van der Waals surface area contributed by atoms with Crippen molar-refractivity contribution in [2.45, 2.75) is 18.4 Å². The van der Waals surface area contributed by atoms with Crippen molar-refractivity contribution in [1.82, 2.24) is 0 Å². The van der Waals surface area contributed by atoms with Crippen LogP contribution in [0.1, 0.15) is 12.8 Å². The van der Waals surface area contributed by atoms with Gasteiger partial charge in [-0.05, 0) is 18.8 Å². The summed E-state index contributed by atoms with van der Waals surface area (Å²) in [6, 6.07) is 0. The molecule has 2 saturated heterocycles. The Bertz CT molecular complexity index is 467. The maximum absolute atomic E-state index is 11.3. The molecule has 2 aliphatic rings. The van der Waals surface area contributed by atoms with E-state index in [-0.39, 0.29) is 28.9 Å². The number of hydrogen-bond donors (Lipinski definition) is 1. The highest BCUT2D eigenvalue weighted by molar-refractivity contribution is 7.92. The number of rotatable bonds is 1. The van der Waals surface area contributed by atoms with E-state index in [9.17, 15) is 16.8 Å². The number of nitrogens with two attached hydrogens (primary N) is 1. The van der Waals surface area contributed by atoms with Crippen molar-refractivity contribution in [3.05, 3.63) is 0 Å². The zero-order chi connectivity index (χ0) is 11.3. The largest absolute Gasteiger partial charge is 0.324 e. The van der Waals surface area contributed by atoms with E-state index in [0.29, 0.717) is 12.8 Å². The SMILES string of the molecule is NC1(C2CCS(=O)(=O)C2)CCS(=O)(=O)C1. The molecule has 0 radical (unpaired) electrons. The molecule has 5 nitrogen and oxygen atoms in total. The molecule has 0 saturated carbocycles. The Morgan fingerprint density at radius 3 is 2.13 bits per heavy atom. The van der Waals surface area contributed by atoms with E-state index in [4.69, 9.17) is 5.73 Å². The minimum atomic E-state index is -3.05. The van der Waals surface area contributed by atoms with Crippen LogP contribution in [0, 0.1) is 5.92 Å². The van der Waals surface area contributed by atoms with E-state index in [1.165, 1.54) is 0 Å². The molecule has 0 aromatic carbocycles. The first-order valence-electron chi connectivity index (χ1n) is 4.92. The van der Waals surface area contributed by atoms with Gasteiger partial charge >= 0.3 is 0 Å². The predicted molar refractivity (Wildman–Crippen MR) is 57.0 cm³/mol. The second-order valence-electron chi connectivity index (χ2n) is 4.68.